The predicted octanol–water partition coefficient (Wildman–Crippen LogP) is 2.26. The van der Waals surface area contributed by atoms with Gasteiger partial charge < -0.3 is 9.84 Å². The first-order valence-electron chi connectivity index (χ1n) is 5.74. The molecule has 2 aromatic rings. The van der Waals surface area contributed by atoms with Gasteiger partial charge in [-0.05, 0) is 37.1 Å². The van der Waals surface area contributed by atoms with E-state index in [9.17, 15) is 0 Å². The van der Waals surface area contributed by atoms with Gasteiger partial charge in [-0.1, -0.05) is 6.07 Å². The van der Waals surface area contributed by atoms with Crippen molar-refractivity contribution in [1.29, 1.82) is 0 Å². The SMILES string of the molecule is COc1cc(C)cc(C)c1-c1ccnc(CO)n1. The topological polar surface area (TPSA) is 55.2 Å². The van der Waals surface area contributed by atoms with Crippen LogP contribution in [0.2, 0.25) is 0 Å². The molecule has 4 nitrogen and oxygen atoms in total. The fourth-order valence-corrected chi connectivity index (χ4v) is 2.03. The molecule has 0 aliphatic rings. The summed E-state index contributed by atoms with van der Waals surface area (Å²) in [5, 5.41) is 9.09. The Labute approximate surface area is 106 Å². The van der Waals surface area contributed by atoms with Crippen molar-refractivity contribution >= 4 is 0 Å². The fraction of sp³-hybridized carbons (Fsp3) is 0.286. The van der Waals surface area contributed by atoms with Gasteiger partial charge in [-0.15, -0.1) is 0 Å². The van der Waals surface area contributed by atoms with E-state index in [1.807, 2.05) is 26.0 Å². The molecule has 0 fully saturated rings. The number of hydrogen-bond donors (Lipinski definition) is 1. The highest BCUT2D eigenvalue weighted by Gasteiger charge is 2.12. The van der Waals surface area contributed by atoms with E-state index in [1.165, 1.54) is 0 Å². The van der Waals surface area contributed by atoms with Gasteiger partial charge in [-0.3, -0.25) is 0 Å². The van der Waals surface area contributed by atoms with Crippen molar-refractivity contribution < 1.29 is 9.84 Å². The van der Waals surface area contributed by atoms with Gasteiger partial charge in [0.15, 0.2) is 5.82 Å². The van der Waals surface area contributed by atoms with Gasteiger partial charge in [0.05, 0.1) is 12.8 Å². The first-order valence-corrected chi connectivity index (χ1v) is 5.74. The molecule has 0 bridgehead atoms. The van der Waals surface area contributed by atoms with Crippen LogP contribution in [0.3, 0.4) is 0 Å². The van der Waals surface area contributed by atoms with Crippen LogP contribution in [0.4, 0.5) is 0 Å². The van der Waals surface area contributed by atoms with Crippen LogP contribution in [0.1, 0.15) is 17.0 Å². The smallest absolute Gasteiger partial charge is 0.154 e. The van der Waals surface area contributed by atoms with Crippen LogP contribution >= 0.6 is 0 Å². The highest BCUT2D eigenvalue weighted by atomic mass is 16.5. The quantitative estimate of drug-likeness (QED) is 0.899. The molecule has 0 unspecified atom stereocenters. The maximum Gasteiger partial charge on any atom is 0.154 e. The molecular weight excluding hydrogens is 228 g/mol. The molecule has 18 heavy (non-hydrogen) atoms. The Bertz CT molecular complexity index is 568. The number of aromatic nitrogens is 2. The van der Waals surface area contributed by atoms with Crippen molar-refractivity contribution in [2.45, 2.75) is 20.5 Å². The third-order valence-electron chi connectivity index (χ3n) is 2.77. The molecule has 0 atom stereocenters. The average Bonchev–Trinajstić information content (AvgIpc) is 2.37. The zero-order valence-electron chi connectivity index (χ0n) is 10.8. The number of ether oxygens (including phenoxy) is 1. The Morgan fingerprint density at radius 3 is 2.72 bits per heavy atom. The first-order chi connectivity index (χ1) is 8.65. The number of aliphatic hydroxyl groups is 1. The molecule has 2 rings (SSSR count). The summed E-state index contributed by atoms with van der Waals surface area (Å²) in [7, 11) is 1.64. The average molecular weight is 244 g/mol. The molecule has 0 spiro atoms. The summed E-state index contributed by atoms with van der Waals surface area (Å²) in [6.07, 6.45) is 1.65. The lowest BCUT2D eigenvalue weighted by Gasteiger charge is -2.12. The Morgan fingerprint density at radius 1 is 1.28 bits per heavy atom. The van der Waals surface area contributed by atoms with Gasteiger partial charge in [-0.25, -0.2) is 9.97 Å². The third kappa shape index (κ3) is 2.33. The Morgan fingerprint density at radius 2 is 2.06 bits per heavy atom. The minimum atomic E-state index is -0.166. The number of hydrogen-bond acceptors (Lipinski definition) is 4. The molecule has 1 heterocycles. The molecule has 1 aromatic heterocycles. The van der Waals surface area contributed by atoms with E-state index >= 15 is 0 Å². The number of aliphatic hydroxyl groups excluding tert-OH is 1. The summed E-state index contributed by atoms with van der Waals surface area (Å²) >= 11 is 0. The molecule has 0 aliphatic carbocycles. The van der Waals surface area contributed by atoms with Crippen LogP contribution < -0.4 is 4.74 Å². The Kier molecular flexibility index (Phi) is 3.58. The lowest BCUT2D eigenvalue weighted by molar-refractivity contribution is 0.271. The largest absolute Gasteiger partial charge is 0.496 e. The van der Waals surface area contributed by atoms with E-state index in [1.54, 1.807) is 13.3 Å². The minimum Gasteiger partial charge on any atom is -0.496 e. The van der Waals surface area contributed by atoms with Crippen LogP contribution in [0.25, 0.3) is 11.3 Å². The van der Waals surface area contributed by atoms with Gasteiger partial charge in [0.1, 0.15) is 12.4 Å². The van der Waals surface area contributed by atoms with E-state index in [0.29, 0.717) is 5.82 Å². The van der Waals surface area contributed by atoms with E-state index in [4.69, 9.17) is 9.84 Å². The summed E-state index contributed by atoms with van der Waals surface area (Å²) in [5.41, 5.74) is 3.95. The summed E-state index contributed by atoms with van der Waals surface area (Å²) in [5.74, 6) is 1.20. The van der Waals surface area contributed by atoms with Crippen molar-refractivity contribution in [3.8, 4) is 17.0 Å². The maximum absolute atomic E-state index is 9.09. The molecule has 0 saturated heterocycles. The number of aryl methyl sites for hydroxylation is 2. The van der Waals surface area contributed by atoms with Crippen molar-refractivity contribution in [2.24, 2.45) is 0 Å². The van der Waals surface area contributed by atoms with E-state index in [-0.39, 0.29) is 6.61 Å². The van der Waals surface area contributed by atoms with Gasteiger partial charge in [0.25, 0.3) is 0 Å². The van der Waals surface area contributed by atoms with Crippen LogP contribution in [-0.2, 0) is 6.61 Å². The second kappa shape index (κ2) is 5.14. The van der Waals surface area contributed by atoms with Crippen molar-refractivity contribution in [3.63, 3.8) is 0 Å². The molecular formula is C14H16N2O2. The molecule has 4 heteroatoms. The second-order valence-electron chi connectivity index (χ2n) is 4.18. The number of nitrogens with zero attached hydrogens (tertiary/aromatic N) is 2. The maximum atomic E-state index is 9.09. The molecule has 1 N–H and O–H groups in total. The van der Waals surface area contributed by atoms with Crippen LogP contribution in [0.5, 0.6) is 5.75 Å². The Hall–Kier alpha value is -1.94. The summed E-state index contributed by atoms with van der Waals surface area (Å²) < 4.78 is 5.41. The first kappa shape index (κ1) is 12.5. The number of methoxy groups -OCH3 is 1. The van der Waals surface area contributed by atoms with Crippen molar-refractivity contribution in [3.05, 3.63) is 41.3 Å². The zero-order valence-corrected chi connectivity index (χ0v) is 10.8. The lowest BCUT2D eigenvalue weighted by Crippen LogP contribution is -1.99. The van der Waals surface area contributed by atoms with Crippen LogP contribution in [0, 0.1) is 13.8 Å². The van der Waals surface area contributed by atoms with Crippen molar-refractivity contribution in [2.75, 3.05) is 7.11 Å². The van der Waals surface area contributed by atoms with E-state index in [2.05, 4.69) is 16.0 Å². The number of rotatable bonds is 3. The third-order valence-corrected chi connectivity index (χ3v) is 2.77. The molecule has 0 radical (unpaired) electrons. The second-order valence-corrected chi connectivity index (χ2v) is 4.18. The van der Waals surface area contributed by atoms with Crippen LogP contribution in [-0.4, -0.2) is 22.2 Å². The summed E-state index contributed by atoms with van der Waals surface area (Å²) in [6.45, 7) is 3.88. The Balaban J connectivity index is 2.62. The zero-order chi connectivity index (χ0) is 13.1. The highest BCUT2D eigenvalue weighted by Crippen LogP contribution is 2.32. The molecule has 0 amide bonds. The van der Waals surface area contributed by atoms with Gasteiger partial charge >= 0.3 is 0 Å². The monoisotopic (exact) mass is 244 g/mol. The molecule has 1 aromatic carbocycles. The predicted molar refractivity (Wildman–Crippen MR) is 69.4 cm³/mol. The van der Waals surface area contributed by atoms with Gasteiger partial charge in [0, 0.05) is 11.8 Å². The molecule has 0 saturated carbocycles. The standard InChI is InChI=1S/C14H16N2O2/c1-9-6-10(2)14(12(7-9)18-3)11-4-5-15-13(8-17)16-11/h4-7,17H,8H2,1-3H3. The van der Waals surface area contributed by atoms with E-state index < -0.39 is 0 Å². The van der Waals surface area contributed by atoms with Gasteiger partial charge in [-0.2, -0.15) is 0 Å². The molecule has 0 aliphatic heterocycles. The fourth-order valence-electron chi connectivity index (χ4n) is 2.03. The lowest BCUT2D eigenvalue weighted by atomic mass is 10.0. The molecule has 94 valence electrons. The normalized spacial score (nSPS) is 10.4. The highest BCUT2D eigenvalue weighted by molar-refractivity contribution is 5.71. The van der Waals surface area contributed by atoms with Crippen LogP contribution in [0.15, 0.2) is 24.4 Å². The number of benzene rings is 1. The van der Waals surface area contributed by atoms with Crippen molar-refractivity contribution in [1.82, 2.24) is 9.97 Å². The van der Waals surface area contributed by atoms with Gasteiger partial charge in [0.2, 0.25) is 0 Å². The summed E-state index contributed by atoms with van der Waals surface area (Å²) in [4.78, 5) is 8.30. The van der Waals surface area contributed by atoms with E-state index in [0.717, 1.165) is 28.1 Å². The summed E-state index contributed by atoms with van der Waals surface area (Å²) in [6, 6.07) is 5.88. The minimum absolute atomic E-state index is 0.166.